The van der Waals surface area contributed by atoms with E-state index in [4.69, 9.17) is 5.73 Å². The van der Waals surface area contributed by atoms with Gasteiger partial charge in [0.05, 0.1) is 0 Å². The molecule has 1 heterocycles. The van der Waals surface area contributed by atoms with Gasteiger partial charge in [-0.3, -0.25) is 4.79 Å². The number of nitrogen functional groups attached to an aromatic ring is 1. The van der Waals surface area contributed by atoms with Crippen molar-refractivity contribution in [1.82, 2.24) is 4.90 Å². The highest BCUT2D eigenvalue weighted by Crippen LogP contribution is 2.36. The second-order valence-electron chi connectivity index (χ2n) is 6.32. The van der Waals surface area contributed by atoms with Gasteiger partial charge >= 0.3 is 0 Å². The van der Waals surface area contributed by atoms with E-state index in [0.717, 1.165) is 30.0 Å². The zero-order chi connectivity index (χ0) is 14.1. The van der Waals surface area contributed by atoms with E-state index in [1.54, 1.807) is 0 Å². The van der Waals surface area contributed by atoms with Crippen molar-refractivity contribution in [3.05, 3.63) is 29.3 Å². The molecule has 1 saturated carbocycles. The van der Waals surface area contributed by atoms with E-state index >= 15 is 0 Å². The van der Waals surface area contributed by atoms with Crippen LogP contribution >= 0.6 is 0 Å². The molecule has 1 aromatic rings. The number of likely N-dealkylation sites (tertiary alicyclic amines) is 1. The Balaban J connectivity index is 1.79. The molecule has 1 aliphatic heterocycles. The van der Waals surface area contributed by atoms with Crippen LogP contribution in [0.25, 0.3) is 0 Å². The lowest BCUT2D eigenvalue weighted by Gasteiger charge is -2.29. The van der Waals surface area contributed by atoms with Crippen molar-refractivity contribution in [2.45, 2.75) is 51.5 Å². The van der Waals surface area contributed by atoms with Gasteiger partial charge in [-0.2, -0.15) is 0 Å². The van der Waals surface area contributed by atoms with Gasteiger partial charge in [0.15, 0.2) is 0 Å². The molecule has 1 unspecified atom stereocenters. The lowest BCUT2D eigenvalue weighted by molar-refractivity contribution is 0.0689. The van der Waals surface area contributed by atoms with Gasteiger partial charge in [0.2, 0.25) is 0 Å². The van der Waals surface area contributed by atoms with Crippen LogP contribution in [0.1, 0.15) is 54.4 Å². The maximum atomic E-state index is 12.7. The summed E-state index contributed by atoms with van der Waals surface area (Å²) < 4.78 is 0. The standard InChI is InChI=1S/C17H24N2O/c1-12-8-9-14(11-15(12)18)17(20)19-10-4-7-16(19)13-5-2-3-6-13/h8-9,11,13,16H,2-7,10,18H2,1H3. The first-order valence-electron chi connectivity index (χ1n) is 7.84. The Hall–Kier alpha value is -1.51. The van der Waals surface area contributed by atoms with Crippen LogP contribution in [-0.2, 0) is 0 Å². The molecule has 2 N–H and O–H groups in total. The smallest absolute Gasteiger partial charge is 0.254 e. The van der Waals surface area contributed by atoms with Crippen molar-refractivity contribution in [2.75, 3.05) is 12.3 Å². The molecule has 1 atom stereocenters. The van der Waals surface area contributed by atoms with Crippen molar-refractivity contribution in [3.8, 4) is 0 Å². The molecule has 0 bridgehead atoms. The van der Waals surface area contributed by atoms with E-state index in [1.807, 2.05) is 25.1 Å². The molecule has 3 nitrogen and oxygen atoms in total. The number of hydrogen-bond acceptors (Lipinski definition) is 2. The van der Waals surface area contributed by atoms with E-state index in [9.17, 15) is 4.79 Å². The lowest BCUT2D eigenvalue weighted by atomic mass is 9.95. The van der Waals surface area contributed by atoms with Crippen LogP contribution in [0.2, 0.25) is 0 Å². The van der Waals surface area contributed by atoms with Crippen LogP contribution in [0.5, 0.6) is 0 Å². The third-order valence-electron chi connectivity index (χ3n) is 5.03. The summed E-state index contributed by atoms with van der Waals surface area (Å²) in [6.45, 7) is 2.88. The van der Waals surface area contributed by atoms with E-state index in [2.05, 4.69) is 4.90 Å². The van der Waals surface area contributed by atoms with Crippen LogP contribution in [0, 0.1) is 12.8 Å². The van der Waals surface area contributed by atoms with E-state index in [-0.39, 0.29) is 5.91 Å². The number of benzene rings is 1. The minimum absolute atomic E-state index is 0.172. The summed E-state index contributed by atoms with van der Waals surface area (Å²) in [7, 11) is 0. The quantitative estimate of drug-likeness (QED) is 0.839. The molecule has 2 fully saturated rings. The number of rotatable bonds is 2. The first-order chi connectivity index (χ1) is 9.66. The highest BCUT2D eigenvalue weighted by molar-refractivity contribution is 5.95. The third-order valence-corrected chi connectivity index (χ3v) is 5.03. The van der Waals surface area contributed by atoms with Crippen LogP contribution in [0.4, 0.5) is 5.69 Å². The largest absolute Gasteiger partial charge is 0.398 e. The molecular formula is C17H24N2O. The molecule has 3 rings (SSSR count). The first-order valence-corrected chi connectivity index (χ1v) is 7.84. The number of hydrogen-bond donors (Lipinski definition) is 1. The fraction of sp³-hybridized carbons (Fsp3) is 0.588. The summed E-state index contributed by atoms with van der Waals surface area (Å²) >= 11 is 0. The Bertz CT molecular complexity index is 506. The highest BCUT2D eigenvalue weighted by Gasteiger charge is 2.36. The van der Waals surface area contributed by atoms with E-state index in [0.29, 0.717) is 11.7 Å². The molecule has 0 aromatic heterocycles. The second kappa shape index (κ2) is 5.47. The molecule has 108 valence electrons. The fourth-order valence-electron chi connectivity index (χ4n) is 3.82. The predicted molar refractivity (Wildman–Crippen MR) is 81.6 cm³/mol. The Labute approximate surface area is 121 Å². The van der Waals surface area contributed by atoms with Crippen molar-refractivity contribution in [3.63, 3.8) is 0 Å². The number of carbonyl (C=O) groups excluding carboxylic acids is 1. The topological polar surface area (TPSA) is 46.3 Å². The van der Waals surface area contributed by atoms with Gasteiger partial charge in [-0.15, -0.1) is 0 Å². The monoisotopic (exact) mass is 272 g/mol. The van der Waals surface area contributed by atoms with Crippen LogP contribution < -0.4 is 5.73 Å². The number of carbonyl (C=O) groups is 1. The molecular weight excluding hydrogens is 248 g/mol. The summed E-state index contributed by atoms with van der Waals surface area (Å²) in [5.74, 6) is 0.898. The number of amides is 1. The molecule has 0 spiro atoms. The average Bonchev–Trinajstić information content (AvgIpc) is 3.10. The van der Waals surface area contributed by atoms with Gasteiger partial charge in [0.25, 0.3) is 5.91 Å². The van der Waals surface area contributed by atoms with Crippen molar-refractivity contribution in [2.24, 2.45) is 5.92 Å². The summed E-state index contributed by atoms with van der Waals surface area (Å²) in [5.41, 5.74) is 8.44. The summed E-state index contributed by atoms with van der Waals surface area (Å²) in [5, 5.41) is 0. The van der Waals surface area contributed by atoms with Gasteiger partial charge in [0, 0.05) is 23.8 Å². The SMILES string of the molecule is Cc1ccc(C(=O)N2CCCC2C2CCCC2)cc1N. The van der Waals surface area contributed by atoms with Crippen LogP contribution in [-0.4, -0.2) is 23.4 Å². The Morgan fingerprint density at radius 2 is 1.95 bits per heavy atom. The highest BCUT2D eigenvalue weighted by atomic mass is 16.2. The van der Waals surface area contributed by atoms with Crippen LogP contribution in [0.15, 0.2) is 18.2 Å². The zero-order valence-electron chi connectivity index (χ0n) is 12.3. The first kappa shape index (κ1) is 13.5. The molecule has 0 radical (unpaired) electrons. The second-order valence-corrected chi connectivity index (χ2v) is 6.32. The van der Waals surface area contributed by atoms with Gasteiger partial charge in [0.1, 0.15) is 0 Å². The molecule has 2 aliphatic rings. The Kier molecular flexibility index (Phi) is 3.68. The Morgan fingerprint density at radius 1 is 1.20 bits per heavy atom. The number of nitrogens with two attached hydrogens (primary N) is 1. The Morgan fingerprint density at radius 3 is 2.65 bits per heavy atom. The third kappa shape index (κ3) is 2.41. The van der Waals surface area contributed by atoms with Crippen molar-refractivity contribution in [1.29, 1.82) is 0 Å². The molecule has 1 saturated heterocycles. The van der Waals surface area contributed by atoms with Gasteiger partial charge in [-0.1, -0.05) is 18.9 Å². The number of aryl methyl sites for hydroxylation is 1. The minimum atomic E-state index is 0.172. The van der Waals surface area contributed by atoms with Crippen LogP contribution in [0.3, 0.4) is 0 Å². The van der Waals surface area contributed by atoms with Crippen molar-refractivity contribution >= 4 is 11.6 Å². The minimum Gasteiger partial charge on any atom is -0.398 e. The summed E-state index contributed by atoms with van der Waals surface area (Å²) in [4.78, 5) is 14.9. The normalized spacial score (nSPS) is 23.4. The zero-order valence-corrected chi connectivity index (χ0v) is 12.3. The molecule has 1 aliphatic carbocycles. The van der Waals surface area contributed by atoms with Gasteiger partial charge in [-0.05, 0) is 56.2 Å². The molecule has 3 heteroatoms. The lowest BCUT2D eigenvalue weighted by Crippen LogP contribution is -2.39. The molecule has 1 aromatic carbocycles. The van der Waals surface area contributed by atoms with E-state index < -0.39 is 0 Å². The number of nitrogens with zero attached hydrogens (tertiary/aromatic N) is 1. The maximum absolute atomic E-state index is 12.7. The molecule has 1 amide bonds. The summed E-state index contributed by atoms with van der Waals surface area (Å²) in [6.07, 6.45) is 7.59. The van der Waals surface area contributed by atoms with Gasteiger partial charge in [-0.25, -0.2) is 0 Å². The number of anilines is 1. The summed E-state index contributed by atoms with van der Waals surface area (Å²) in [6, 6.07) is 6.16. The fourth-order valence-corrected chi connectivity index (χ4v) is 3.82. The van der Waals surface area contributed by atoms with Gasteiger partial charge < -0.3 is 10.6 Å². The average molecular weight is 272 g/mol. The van der Waals surface area contributed by atoms with Crippen molar-refractivity contribution < 1.29 is 4.79 Å². The maximum Gasteiger partial charge on any atom is 0.254 e. The predicted octanol–water partition coefficient (Wildman–Crippen LogP) is 3.37. The molecule has 20 heavy (non-hydrogen) atoms. The van der Waals surface area contributed by atoms with E-state index in [1.165, 1.54) is 32.1 Å².